The van der Waals surface area contributed by atoms with Crippen LogP contribution in [0.4, 0.5) is 4.79 Å². The molecule has 3 N–H and O–H groups in total. The zero-order valence-electron chi connectivity index (χ0n) is 10.3. The molecule has 0 radical (unpaired) electrons. The van der Waals surface area contributed by atoms with Crippen molar-refractivity contribution >= 4 is 12.0 Å². The van der Waals surface area contributed by atoms with Gasteiger partial charge in [-0.25, -0.2) is 4.79 Å². The molecule has 1 rings (SSSR count). The second kappa shape index (κ2) is 6.27. The van der Waals surface area contributed by atoms with Crippen LogP contribution in [-0.2, 0) is 4.79 Å². The Labute approximate surface area is 101 Å². The lowest BCUT2D eigenvalue weighted by molar-refractivity contribution is -0.142. The fourth-order valence-corrected chi connectivity index (χ4v) is 2.00. The van der Waals surface area contributed by atoms with Crippen LogP contribution in [0, 0.1) is 5.92 Å². The zero-order chi connectivity index (χ0) is 12.8. The van der Waals surface area contributed by atoms with Crippen molar-refractivity contribution in [3.05, 3.63) is 11.6 Å². The average Bonchev–Trinajstić information content (AvgIpc) is 2.65. The number of carboxylic acid groups (broad SMARTS) is 1. The monoisotopic (exact) mass is 240 g/mol. The molecule has 0 aromatic heterocycles. The van der Waals surface area contributed by atoms with Gasteiger partial charge in [-0.2, -0.15) is 0 Å². The Kier molecular flexibility index (Phi) is 5.00. The largest absolute Gasteiger partial charge is 0.481 e. The van der Waals surface area contributed by atoms with E-state index < -0.39 is 11.9 Å². The van der Waals surface area contributed by atoms with E-state index in [1.807, 2.05) is 19.9 Å². The average molecular weight is 240 g/mol. The van der Waals surface area contributed by atoms with E-state index in [9.17, 15) is 9.59 Å². The molecule has 96 valence electrons. The molecular formula is C12H20N2O3. The Morgan fingerprint density at radius 1 is 1.35 bits per heavy atom. The van der Waals surface area contributed by atoms with E-state index in [1.165, 1.54) is 0 Å². The number of nitrogens with one attached hydrogen (secondary N) is 2. The molecule has 1 aliphatic carbocycles. The Bertz CT molecular complexity index is 322. The van der Waals surface area contributed by atoms with Crippen molar-refractivity contribution in [3.63, 3.8) is 0 Å². The topological polar surface area (TPSA) is 78.4 Å². The number of rotatable bonds is 4. The quantitative estimate of drug-likeness (QED) is 0.652. The van der Waals surface area contributed by atoms with Gasteiger partial charge in [-0.05, 0) is 26.7 Å². The summed E-state index contributed by atoms with van der Waals surface area (Å²) in [7, 11) is 0. The molecule has 0 heterocycles. The molecule has 0 aromatic rings. The first-order chi connectivity index (χ1) is 8.00. The molecule has 2 unspecified atom stereocenters. The van der Waals surface area contributed by atoms with Crippen molar-refractivity contribution in [1.29, 1.82) is 0 Å². The van der Waals surface area contributed by atoms with Gasteiger partial charge >= 0.3 is 12.0 Å². The minimum Gasteiger partial charge on any atom is -0.481 e. The van der Waals surface area contributed by atoms with Crippen LogP contribution in [0.25, 0.3) is 0 Å². The number of hydrogen-bond acceptors (Lipinski definition) is 2. The summed E-state index contributed by atoms with van der Waals surface area (Å²) < 4.78 is 0. The lowest BCUT2D eigenvalue weighted by Gasteiger charge is -2.17. The first kappa shape index (κ1) is 13.5. The van der Waals surface area contributed by atoms with E-state index in [0.717, 1.165) is 18.4 Å². The minimum absolute atomic E-state index is 0.237. The Balaban J connectivity index is 2.35. The molecule has 1 saturated carbocycles. The number of carboxylic acids is 1. The van der Waals surface area contributed by atoms with Gasteiger partial charge in [0.25, 0.3) is 0 Å². The molecule has 0 saturated heterocycles. The lowest BCUT2D eigenvalue weighted by atomic mass is 10.0. The number of carbonyl (C=O) groups is 2. The van der Waals surface area contributed by atoms with Crippen molar-refractivity contribution in [2.45, 2.75) is 39.2 Å². The van der Waals surface area contributed by atoms with Crippen LogP contribution >= 0.6 is 0 Å². The zero-order valence-corrected chi connectivity index (χ0v) is 10.3. The fraction of sp³-hybridized carbons (Fsp3) is 0.667. The van der Waals surface area contributed by atoms with Crippen LogP contribution < -0.4 is 10.6 Å². The van der Waals surface area contributed by atoms with Gasteiger partial charge in [0.1, 0.15) is 0 Å². The Morgan fingerprint density at radius 3 is 2.65 bits per heavy atom. The van der Waals surface area contributed by atoms with E-state index in [0.29, 0.717) is 13.0 Å². The second-order valence-electron chi connectivity index (χ2n) is 4.62. The predicted molar refractivity (Wildman–Crippen MR) is 64.7 cm³/mol. The molecule has 0 aromatic carbocycles. The third kappa shape index (κ3) is 4.46. The summed E-state index contributed by atoms with van der Waals surface area (Å²) >= 11 is 0. The van der Waals surface area contributed by atoms with E-state index in [4.69, 9.17) is 5.11 Å². The summed E-state index contributed by atoms with van der Waals surface area (Å²) in [6, 6.07) is -0.528. The van der Waals surface area contributed by atoms with E-state index in [2.05, 4.69) is 10.6 Å². The van der Waals surface area contributed by atoms with E-state index in [1.54, 1.807) is 0 Å². The standard InChI is InChI=1S/C12H20N2O3/c1-8(2)6-7-13-12(17)14-10-5-3-4-9(10)11(15)16/h6,9-10H,3-5,7H2,1-2H3,(H,15,16)(H2,13,14,17). The third-order valence-corrected chi connectivity index (χ3v) is 2.92. The molecule has 2 amide bonds. The molecule has 1 fully saturated rings. The highest BCUT2D eigenvalue weighted by atomic mass is 16.4. The third-order valence-electron chi connectivity index (χ3n) is 2.92. The number of urea groups is 1. The number of allylic oxidation sites excluding steroid dienone is 1. The Morgan fingerprint density at radius 2 is 2.06 bits per heavy atom. The number of amides is 2. The molecule has 0 spiro atoms. The van der Waals surface area contributed by atoms with Gasteiger partial charge in [0.15, 0.2) is 0 Å². The molecule has 1 aliphatic rings. The first-order valence-corrected chi connectivity index (χ1v) is 5.91. The van der Waals surface area contributed by atoms with E-state index in [-0.39, 0.29) is 12.1 Å². The maximum atomic E-state index is 11.5. The van der Waals surface area contributed by atoms with Gasteiger partial charge in [0, 0.05) is 12.6 Å². The highest BCUT2D eigenvalue weighted by Gasteiger charge is 2.33. The molecule has 5 nitrogen and oxygen atoms in total. The van der Waals surface area contributed by atoms with Gasteiger partial charge in [-0.3, -0.25) is 4.79 Å². The fourth-order valence-electron chi connectivity index (χ4n) is 2.00. The molecule has 17 heavy (non-hydrogen) atoms. The normalized spacial score (nSPS) is 22.9. The number of aliphatic carboxylic acids is 1. The lowest BCUT2D eigenvalue weighted by Crippen LogP contribution is -2.45. The molecule has 0 aliphatic heterocycles. The van der Waals surface area contributed by atoms with Gasteiger partial charge in [-0.15, -0.1) is 0 Å². The van der Waals surface area contributed by atoms with Crippen molar-refractivity contribution in [2.75, 3.05) is 6.54 Å². The molecule has 2 atom stereocenters. The van der Waals surface area contributed by atoms with Crippen molar-refractivity contribution in [1.82, 2.24) is 10.6 Å². The maximum absolute atomic E-state index is 11.5. The summed E-state index contributed by atoms with van der Waals surface area (Å²) in [5.41, 5.74) is 1.13. The maximum Gasteiger partial charge on any atom is 0.315 e. The van der Waals surface area contributed by atoms with Crippen LogP contribution in [0.2, 0.25) is 0 Å². The van der Waals surface area contributed by atoms with Crippen molar-refractivity contribution < 1.29 is 14.7 Å². The van der Waals surface area contributed by atoms with E-state index >= 15 is 0 Å². The van der Waals surface area contributed by atoms with Crippen LogP contribution in [0.15, 0.2) is 11.6 Å². The summed E-state index contributed by atoms with van der Waals surface area (Å²) in [6.45, 7) is 4.38. The smallest absolute Gasteiger partial charge is 0.315 e. The SMILES string of the molecule is CC(C)=CCNC(=O)NC1CCCC1C(=O)O. The number of carbonyl (C=O) groups excluding carboxylic acids is 1. The summed E-state index contributed by atoms with van der Waals surface area (Å²) in [4.78, 5) is 22.4. The van der Waals surface area contributed by atoms with Crippen LogP contribution in [0.5, 0.6) is 0 Å². The van der Waals surface area contributed by atoms with Crippen LogP contribution in [-0.4, -0.2) is 29.7 Å². The van der Waals surface area contributed by atoms with Crippen LogP contribution in [0.1, 0.15) is 33.1 Å². The second-order valence-corrected chi connectivity index (χ2v) is 4.62. The minimum atomic E-state index is -0.822. The predicted octanol–water partition coefficient (Wildman–Crippen LogP) is 1.51. The summed E-state index contributed by atoms with van der Waals surface area (Å²) in [6.07, 6.45) is 4.15. The number of hydrogen-bond donors (Lipinski definition) is 3. The summed E-state index contributed by atoms with van der Waals surface area (Å²) in [5.74, 6) is -1.26. The van der Waals surface area contributed by atoms with Crippen molar-refractivity contribution in [2.24, 2.45) is 5.92 Å². The molecule has 0 bridgehead atoms. The Hall–Kier alpha value is -1.52. The highest BCUT2D eigenvalue weighted by Crippen LogP contribution is 2.25. The molecule has 5 heteroatoms. The van der Waals surface area contributed by atoms with Crippen molar-refractivity contribution in [3.8, 4) is 0 Å². The first-order valence-electron chi connectivity index (χ1n) is 5.91. The van der Waals surface area contributed by atoms with Gasteiger partial charge in [0.2, 0.25) is 0 Å². The summed E-state index contributed by atoms with van der Waals surface area (Å²) in [5, 5.41) is 14.4. The molecular weight excluding hydrogens is 220 g/mol. The van der Waals surface area contributed by atoms with Gasteiger partial charge in [-0.1, -0.05) is 18.1 Å². The van der Waals surface area contributed by atoms with Gasteiger partial charge in [0.05, 0.1) is 5.92 Å². The highest BCUT2D eigenvalue weighted by molar-refractivity contribution is 5.77. The van der Waals surface area contributed by atoms with Gasteiger partial charge < -0.3 is 15.7 Å². The van der Waals surface area contributed by atoms with Crippen LogP contribution in [0.3, 0.4) is 0 Å².